The summed E-state index contributed by atoms with van der Waals surface area (Å²) in [5.74, 6) is -0.977. The minimum absolute atomic E-state index is 0.00170. The van der Waals surface area contributed by atoms with Gasteiger partial charge in [-0.3, -0.25) is 0 Å². The summed E-state index contributed by atoms with van der Waals surface area (Å²) < 4.78 is 82.4. The number of carbonyl (C=O) groups is 1. The molecule has 69 heavy (non-hydrogen) atoms. The van der Waals surface area contributed by atoms with Crippen LogP contribution in [0.4, 0.5) is 0 Å². The largest absolute Gasteiger partial charge is 0.497 e. The fourth-order valence-electron chi connectivity index (χ4n) is 9.54. The van der Waals surface area contributed by atoms with Crippen molar-refractivity contribution in [2.75, 3.05) is 37.6 Å². The summed E-state index contributed by atoms with van der Waals surface area (Å²) in [6.45, 7) is 29.5. The number of hydrogen-bond donors (Lipinski definition) is 1. The summed E-state index contributed by atoms with van der Waals surface area (Å²) in [6, 6.07) is 15.3. The van der Waals surface area contributed by atoms with Gasteiger partial charge in [0.2, 0.25) is 0 Å². The van der Waals surface area contributed by atoms with Gasteiger partial charge in [-0.25, -0.2) is 13.2 Å². The number of carbonyl (C=O) groups excluding carboxylic acids is 1. The molecule has 0 radical (unpaired) electrons. The molecule has 2 unspecified atom stereocenters. The highest BCUT2D eigenvalue weighted by Crippen LogP contribution is 2.47. The second kappa shape index (κ2) is 24.1. The van der Waals surface area contributed by atoms with E-state index in [2.05, 4.69) is 104 Å². The molecule has 0 saturated carbocycles. The van der Waals surface area contributed by atoms with E-state index in [0.29, 0.717) is 42.8 Å². The van der Waals surface area contributed by atoms with E-state index in [4.69, 9.17) is 37.3 Å². The fraction of sp³-hybridized carbons (Fsp3) is 0.717. The van der Waals surface area contributed by atoms with Gasteiger partial charge in [0.15, 0.2) is 26.5 Å². The summed E-state index contributed by atoms with van der Waals surface area (Å²) in [5, 5.41) is 9.40. The molecule has 2 aromatic carbocycles. The SMILES string of the molecule is C=C([C@H](C)CC1CC[C@@H]2O[C@@H](CCCO)C[C@]2(CI)O1)[C@@H](C[C@@H]1O[C@H](CC(CO[Si](C)(C)C(C)(C)C)O[Si](C)(C)C(C)(C)C)[C@H](OC)[C@H]1CS(=O)(=O)c1ccccc1)OC(=O)c1ccc(OC)cc1. The molecule has 16 heteroatoms. The molecule has 3 aliphatic rings. The number of benzene rings is 2. The Morgan fingerprint density at radius 2 is 1.55 bits per heavy atom. The zero-order valence-corrected chi connectivity index (χ0v) is 48.9. The molecule has 5 rings (SSSR count). The first-order valence-corrected chi connectivity index (χ1v) is 34.0. The van der Waals surface area contributed by atoms with Gasteiger partial charge in [-0.2, -0.15) is 0 Å². The zero-order chi connectivity index (χ0) is 51.2. The Labute approximate surface area is 431 Å². The average Bonchev–Trinajstić information content (AvgIpc) is 3.82. The number of rotatable bonds is 24. The lowest BCUT2D eigenvalue weighted by atomic mass is 9.83. The summed E-state index contributed by atoms with van der Waals surface area (Å²) >= 11 is 2.41. The van der Waals surface area contributed by atoms with Gasteiger partial charge < -0.3 is 42.4 Å². The number of aliphatic hydroxyl groups is 1. The van der Waals surface area contributed by atoms with E-state index < -0.39 is 68.4 Å². The van der Waals surface area contributed by atoms with Crippen LogP contribution >= 0.6 is 22.6 Å². The van der Waals surface area contributed by atoms with Crippen LogP contribution in [0.3, 0.4) is 0 Å². The molecule has 3 saturated heterocycles. The van der Waals surface area contributed by atoms with E-state index in [9.17, 15) is 18.3 Å². The molecule has 1 N–H and O–H groups in total. The summed E-state index contributed by atoms with van der Waals surface area (Å²) in [6.07, 6.45) is 1.98. The van der Waals surface area contributed by atoms with Crippen LogP contribution in [0, 0.1) is 11.8 Å². The van der Waals surface area contributed by atoms with Crippen molar-refractivity contribution in [3.8, 4) is 5.75 Å². The predicted molar refractivity (Wildman–Crippen MR) is 286 cm³/mol. The molecule has 0 amide bonds. The van der Waals surface area contributed by atoms with Gasteiger partial charge in [0.05, 0.1) is 72.7 Å². The number of alkyl halides is 1. The Bertz CT molecular complexity index is 2080. The van der Waals surface area contributed by atoms with Crippen LogP contribution in [0.25, 0.3) is 0 Å². The van der Waals surface area contributed by atoms with Crippen LogP contribution in [0.5, 0.6) is 5.75 Å². The molecule has 0 spiro atoms. The topological polar surface area (TPSA) is 145 Å². The first kappa shape index (κ1) is 58.2. The van der Waals surface area contributed by atoms with E-state index in [0.717, 1.165) is 30.1 Å². The van der Waals surface area contributed by atoms with Crippen LogP contribution in [-0.2, 0) is 42.4 Å². The molecule has 0 bridgehead atoms. The molecule has 3 heterocycles. The molecule has 12 nitrogen and oxygen atoms in total. The third-order valence-electron chi connectivity index (χ3n) is 15.9. The van der Waals surface area contributed by atoms with Crippen molar-refractivity contribution < 1.29 is 55.6 Å². The molecular formula is C53H85IO12SSi2. The highest BCUT2D eigenvalue weighted by molar-refractivity contribution is 14.1. The lowest BCUT2D eigenvalue weighted by Gasteiger charge is -2.42. The normalized spacial score (nSPS) is 27.1. The summed E-state index contributed by atoms with van der Waals surface area (Å²) in [7, 11) is -5.20. The van der Waals surface area contributed by atoms with E-state index in [-0.39, 0.29) is 64.1 Å². The van der Waals surface area contributed by atoms with Gasteiger partial charge in [0.1, 0.15) is 17.5 Å². The van der Waals surface area contributed by atoms with Gasteiger partial charge in [-0.15, -0.1) is 0 Å². The first-order chi connectivity index (χ1) is 32.2. The van der Waals surface area contributed by atoms with Gasteiger partial charge in [0, 0.05) is 43.3 Å². The lowest BCUT2D eigenvalue weighted by molar-refractivity contribution is -0.155. The van der Waals surface area contributed by atoms with E-state index in [1.807, 2.05) is 0 Å². The number of sulfone groups is 1. The monoisotopic (exact) mass is 1130 g/mol. The second-order valence-corrected chi connectivity index (χ2v) is 35.2. The van der Waals surface area contributed by atoms with Crippen LogP contribution in [0.2, 0.25) is 36.3 Å². The standard InChI is InChI=1S/C53H85IO12SSi2/c1-36(29-40-26-27-48-53(35-54,65-40)32-41(62-48)19-18-28-55)37(2)45(64-50(56)38-22-24-39(59-9)25-23-38)31-46-44(34-67(57,58)43-20-16-15-17-21-43)49(60-10)47(63-46)30-42(66-69(13,14)52(6,7)8)33-61-68(11,12)51(3,4)5/h15-17,20-25,36,40-42,44-49,55H,2,18-19,26-35H2,1,3-14H3/t36-,40?,41+,42?,44+,45-,46+,47-,48+,49-,53-/m1/s1. The van der Waals surface area contributed by atoms with E-state index >= 15 is 0 Å². The Hall–Kier alpha value is -1.72. The van der Waals surface area contributed by atoms with E-state index in [1.54, 1.807) is 68.8 Å². The van der Waals surface area contributed by atoms with Gasteiger partial charge >= 0.3 is 5.97 Å². The number of fused-ring (bicyclic) bond motifs is 1. The molecule has 11 atom stereocenters. The molecule has 390 valence electrons. The van der Waals surface area contributed by atoms with Gasteiger partial charge in [-0.1, -0.05) is 95.8 Å². The lowest BCUT2D eigenvalue weighted by Crippen LogP contribution is -2.50. The van der Waals surface area contributed by atoms with Crippen molar-refractivity contribution in [1.29, 1.82) is 0 Å². The predicted octanol–water partition coefficient (Wildman–Crippen LogP) is 11.2. The second-order valence-electron chi connectivity index (χ2n) is 22.9. The third kappa shape index (κ3) is 14.7. The smallest absolute Gasteiger partial charge is 0.338 e. The zero-order valence-electron chi connectivity index (χ0n) is 43.9. The number of ether oxygens (including phenoxy) is 6. The molecule has 3 aliphatic heterocycles. The third-order valence-corrected chi connectivity index (χ3v) is 28.0. The van der Waals surface area contributed by atoms with Crippen molar-refractivity contribution in [3.63, 3.8) is 0 Å². The van der Waals surface area contributed by atoms with Crippen molar-refractivity contribution in [3.05, 3.63) is 72.3 Å². The van der Waals surface area contributed by atoms with E-state index in [1.165, 1.54) is 0 Å². The number of hydrogen-bond acceptors (Lipinski definition) is 12. The maximum atomic E-state index is 14.4. The van der Waals surface area contributed by atoms with Crippen molar-refractivity contribution in [2.24, 2.45) is 11.8 Å². The Balaban J connectivity index is 1.49. The summed E-state index contributed by atoms with van der Waals surface area (Å²) in [5.41, 5.74) is 0.633. The minimum Gasteiger partial charge on any atom is -0.497 e. The Morgan fingerprint density at radius 1 is 0.899 bits per heavy atom. The maximum absolute atomic E-state index is 14.4. The van der Waals surface area contributed by atoms with Crippen LogP contribution < -0.4 is 4.74 Å². The van der Waals surface area contributed by atoms with Crippen molar-refractivity contribution >= 4 is 55.0 Å². The van der Waals surface area contributed by atoms with Gasteiger partial charge in [0.25, 0.3) is 0 Å². The average molecular weight is 1130 g/mol. The number of aliphatic hydroxyl groups excluding tert-OH is 1. The van der Waals surface area contributed by atoms with Crippen molar-refractivity contribution in [2.45, 2.75) is 195 Å². The van der Waals surface area contributed by atoms with Crippen LogP contribution in [-0.4, -0.2) is 128 Å². The molecule has 0 aromatic heterocycles. The molecular weight excluding hydrogens is 1040 g/mol. The highest BCUT2D eigenvalue weighted by atomic mass is 127. The fourth-order valence-corrected chi connectivity index (χ4v) is 14.6. The number of methoxy groups -OCH3 is 2. The maximum Gasteiger partial charge on any atom is 0.338 e. The summed E-state index contributed by atoms with van der Waals surface area (Å²) in [4.78, 5) is 14.4. The van der Waals surface area contributed by atoms with Crippen LogP contribution in [0.1, 0.15) is 110 Å². The van der Waals surface area contributed by atoms with Gasteiger partial charge in [-0.05, 0) is 116 Å². The molecule has 3 fully saturated rings. The Morgan fingerprint density at radius 3 is 2.13 bits per heavy atom. The molecule has 0 aliphatic carbocycles. The minimum atomic E-state index is -3.84. The van der Waals surface area contributed by atoms with Crippen LogP contribution in [0.15, 0.2) is 71.6 Å². The number of halogens is 1. The highest BCUT2D eigenvalue weighted by Gasteiger charge is 2.53. The quantitative estimate of drug-likeness (QED) is 0.0351. The number of esters is 1. The molecule has 2 aromatic rings. The Kier molecular flexibility index (Phi) is 20.3. The van der Waals surface area contributed by atoms with Crippen molar-refractivity contribution in [1.82, 2.24) is 0 Å². The first-order valence-electron chi connectivity index (χ1n) is 25.0.